The Kier molecular flexibility index (Phi) is 1.93. The minimum atomic E-state index is -1.02. The number of carboxylic acids is 1. The van der Waals surface area contributed by atoms with E-state index in [1.54, 1.807) is 6.92 Å². The van der Waals surface area contributed by atoms with Gasteiger partial charge in [-0.1, -0.05) is 0 Å². The molecule has 0 spiro atoms. The Morgan fingerprint density at radius 3 is 2.60 bits per heavy atom. The molecule has 0 aliphatic carbocycles. The fourth-order valence-electron chi connectivity index (χ4n) is 0.540. The molecule has 0 saturated carbocycles. The van der Waals surface area contributed by atoms with Gasteiger partial charge in [-0.15, -0.1) is 0 Å². The molecule has 1 aromatic rings. The first-order valence-corrected chi connectivity index (χ1v) is 3.64. The van der Waals surface area contributed by atoms with Crippen LogP contribution < -0.4 is 0 Å². The fraction of sp³-hybridized carbons (Fsp3) is 0.200. The first-order chi connectivity index (χ1) is 4.61. The van der Waals surface area contributed by atoms with Gasteiger partial charge in [0.2, 0.25) is 5.82 Å². The van der Waals surface area contributed by atoms with Crippen molar-refractivity contribution in [2.45, 2.75) is 6.92 Å². The average Bonchev–Trinajstić information content (AvgIpc) is 2.13. The number of imidazole rings is 1. The lowest BCUT2D eigenvalue weighted by Crippen LogP contribution is -1.98. The van der Waals surface area contributed by atoms with Crippen molar-refractivity contribution in [3.8, 4) is 0 Å². The second-order valence-electron chi connectivity index (χ2n) is 1.81. The molecule has 0 amide bonds. The van der Waals surface area contributed by atoms with E-state index in [1.807, 2.05) is 22.6 Å². The predicted octanol–water partition coefficient (Wildman–Crippen LogP) is 1.02. The summed E-state index contributed by atoms with van der Waals surface area (Å²) in [6.07, 6.45) is 0. The van der Waals surface area contributed by atoms with E-state index in [0.717, 1.165) is 5.69 Å². The lowest BCUT2D eigenvalue weighted by Gasteiger charge is -1.81. The number of H-pyrrole nitrogens is 1. The molecule has 1 heterocycles. The van der Waals surface area contributed by atoms with Gasteiger partial charge < -0.3 is 10.1 Å². The summed E-state index contributed by atoms with van der Waals surface area (Å²) in [6, 6.07) is 0. The largest absolute Gasteiger partial charge is 0.475 e. The van der Waals surface area contributed by atoms with Crippen molar-refractivity contribution >= 4 is 28.6 Å². The average molecular weight is 252 g/mol. The lowest BCUT2D eigenvalue weighted by molar-refractivity contribution is 0.0684. The van der Waals surface area contributed by atoms with Gasteiger partial charge in [0.1, 0.15) is 3.70 Å². The molecular formula is C5H5IN2O2. The molecule has 0 bridgehead atoms. The number of hydrogen-bond acceptors (Lipinski definition) is 2. The highest BCUT2D eigenvalue weighted by Gasteiger charge is 2.08. The third-order valence-corrected chi connectivity index (χ3v) is 2.08. The van der Waals surface area contributed by atoms with Crippen molar-refractivity contribution in [1.82, 2.24) is 9.97 Å². The zero-order valence-electron chi connectivity index (χ0n) is 5.18. The standard InChI is InChI=1S/C5H5IN2O2/c1-2-3(6)8-4(7-2)5(9)10/h1H3,(H,7,8)(H,9,10). The number of halogens is 1. The maximum Gasteiger partial charge on any atom is 0.371 e. The van der Waals surface area contributed by atoms with Crippen LogP contribution in [0.2, 0.25) is 0 Å². The zero-order chi connectivity index (χ0) is 7.72. The molecule has 1 aromatic heterocycles. The molecule has 5 heteroatoms. The zero-order valence-corrected chi connectivity index (χ0v) is 7.34. The SMILES string of the molecule is Cc1[nH]c(C(=O)O)nc1I. The van der Waals surface area contributed by atoms with Crippen LogP contribution in [0.1, 0.15) is 16.3 Å². The van der Waals surface area contributed by atoms with Gasteiger partial charge in [-0.25, -0.2) is 9.78 Å². The fourth-order valence-corrected chi connectivity index (χ4v) is 0.916. The third-order valence-electron chi connectivity index (χ3n) is 1.03. The maximum absolute atomic E-state index is 10.3. The molecule has 0 fully saturated rings. The molecule has 0 aliphatic heterocycles. The maximum atomic E-state index is 10.3. The number of carbonyl (C=O) groups is 1. The van der Waals surface area contributed by atoms with Crippen molar-refractivity contribution in [2.75, 3.05) is 0 Å². The molecule has 0 saturated heterocycles. The second-order valence-corrected chi connectivity index (χ2v) is 2.83. The Bertz CT molecular complexity index is 249. The van der Waals surface area contributed by atoms with Crippen LogP contribution in [0, 0.1) is 10.6 Å². The van der Waals surface area contributed by atoms with Gasteiger partial charge in [-0.05, 0) is 29.5 Å². The van der Waals surface area contributed by atoms with Crippen LogP contribution in [0.3, 0.4) is 0 Å². The quantitative estimate of drug-likeness (QED) is 0.733. The summed E-state index contributed by atoms with van der Waals surface area (Å²) >= 11 is 1.97. The highest BCUT2D eigenvalue weighted by Crippen LogP contribution is 2.06. The summed E-state index contributed by atoms with van der Waals surface area (Å²) in [4.78, 5) is 16.6. The Morgan fingerprint density at radius 1 is 1.80 bits per heavy atom. The Morgan fingerprint density at radius 2 is 2.40 bits per heavy atom. The number of nitrogens with one attached hydrogen (secondary N) is 1. The van der Waals surface area contributed by atoms with Crippen LogP contribution in [-0.4, -0.2) is 21.0 Å². The van der Waals surface area contributed by atoms with Crippen molar-refractivity contribution in [3.05, 3.63) is 15.2 Å². The Balaban J connectivity index is 3.10. The minimum absolute atomic E-state index is 0.00176. The number of rotatable bonds is 1. The molecule has 10 heavy (non-hydrogen) atoms. The minimum Gasteiger partial charge on any atom is -0.475 e. The summed E-state index contributed by atoms with van der Waals surface area (Å²) < 4.78 is 0.704. The molecule has 0 aromatic carbocycles. The number of carboxylic acid groups (broad SMARTS) is 1. The van der Waals surface area contributed by atoms with Crippen molar-refractivity contribution in [1.29, 1.82) is 0 Å². The summed E-state index contributed by atoms with van der Waals surface area (Å²) in [5, 5.41) is 8.43. The molecule has 4 nitrogen and oxygen atoms in total. The normalized spacial score (nSPS) is 9.80. The predicted molar refractivity (Wildman–Crippen MR) is 43.0 cm³/mol. The van der Waals surface area contributed by atoms with Crippen LogP contribution in [0.15, 0.2) is 0 Å². The van der Waals surface area contributed by atoms with Crippen LogP contribution in [0.5, 0.6) is 0 Å². The topological polar surface area (TPSA) is 66.0 Å². The van der Waals surface area contributed by atoms with E-state index in [1.165, 1.54) is 0 Å². The number of nitrogens with zero attached hydrogens (tertiary/aromatic N) is 1. The van der Waals surface area contributed by atoms with Gasteiger partial charge in [-0.2, -0.15) is 0 Å². The molecule has 0 unspecified atom stereocenters. The first-order valence-electron chi connectivity index (χ1n) is 2.56. The summed E-state index contributed by atoms with van der Waals surface area (Å²) in [5.41, 5.74) is 0.790. The summed E-state index contributed by atoms with van der Waals surface area (Å²) in [7, 11) is 0. The van der Waals surface area contributed by atoms with Crippen LogP contribution in [0.4, 0.5) is 0 Å². The van der Waals surface area contributed by atoms with E-state index in [0.29, 0.717) is 3.70 Å². The highest BCUT2D eigenvalue weighted by molar-refractivity contribution is 14.1. The molecule has 1 rings (SSSR count). The van der Waals surface area contributed by atoms with Gasteiger partial charge in [0.15, 0.2) is 0 Å². The number of aromatic nitrogens is 2. The van der Waals surface area contributed by atoms with Gasteiger partial charge in [0, 0.05) is 5.69 Å². The molecule has 0 radical (unpaired) electrons. The van der Waals surface area contributed by atoms with Gasteiger partial charge in [-0.3, -0.25) is 0 Å². The molecule has 54 valence electrons. The summed E-state index contributed by atoms with van der Waals surface area (Å²) in [6.45, 7) is 1.78. The lowest BCUT2D eigenvalue weighted by atomic mass is 10.6. The molecule has 2 N–H and O–H groups in total. The van der Waals surface area contributed by atoms with Crippen LogP contribution in [-0.2, 0) is 0 Å². The van der Waals surface area contributed by atoms with Crippen molar-refractivity contribution in [2.24, 2.45) is 0 Å². The number of aryl methyl sites for hydroxylation is 1. The third kappa shape index (κ3) is 1.28. The smallest absolute Gasteiger partial charge is 0.371 e. The highest BCUT2D eigenvalue weighted by atomic mass is 127. The van der Waals surface area contributed by atoms with E-state index in [-0.39, 0.29) is 5.82 Å². The van der Waals surface area contributed by atoms with Gasteiger partial charge >= 0.3 is 5.97 Å². The van der Waals surface area contributed by atoms with E-state index in [2.05, 4.69) is 9.97 Å². The Labute approximate surface area is 70.8 Å². The molecule has 0 aliphatic rings. The van der Waals surface area contributed by atoms with E-state index >= 15 is 0 Å². The Hall–Kier alpha value is -0.590. The number of hydrogen-bond donors (Lipinski definition) is 2. The van der Waals surface area contributed by atoms with Gasteiger partial charge in [0.25, 0.3) is 0 Å². The molecule has 0 atom stereocenters. The van der Waals surface area contributed by atoms with Crippen LogP contribution in [0.25, 0.3) is 0 Å². The van der Waals surface area contributed by atoms with E-state index in [9.17, 15) is 4.79 Å². The van der Waals surface area contributed by atoms with Crippen LogP contribution >= 0.6 is 22.6 Å². The van der Waals surface area contributed by atoms with Gasteiger partial charge in [0.05, 0.1) is 0 Å². The number of aromatic amines is 1. The van der Waals surface area contributed by atoms with E-state index < -0.39 is 5.97 Å². The van der Waals surface area contributed by atoms with E-state index in [4.69, 9.17) is 5.11 Å². The second kappa shape index (κ2) is 2.57. The molecular weight excluding hydrogens is 247 g/mol. The van der Waals surface area contributed by atoms with Crippen molar-refractivity contribution < 1.29 is 9.90 Å². The summed E-state index contributed by atoms with van der Waals surface area (Å²) in [5.74, 6) is -1.02. The number of aromatic carboxylic acids is 1. The monoisotopic (exact) mass is 252 g/mol. The van der Waals surface area contributed by atoms with Crippen molar-refractivity contribution in [3.63, 3.8) is 0 Å². The first kappa shape index (κ1) is 7.52.